The van der Waals surface area contributed by atoms with Gasteiger partial charge >= 0.3 is 5.97 Å². The summed E-state index contributed by atoms with van der Waals surface area (Å²) in [5.41, 5.74) is 0.262. The van der Waals surface area contributed by atoms with E-state index in [-0.39, 0.29) is 5.57 Å². The Bertz CT molecular complexity index is 231. The molecule has 0 bridgehead atoms. The molecular weight excluding hydrogens is 269 g/mol. The molecule has 0 rings (SSSR count). The van der Waals surface area contributed by atoms with Gasteiger partial charge in [0.2, 0.25) is 0 Å². The lowest BCUT2D eigenvalue weighted by Gasteiger charge is -1.88. The Balaban J connectivity index is 4.13. The average molecular weight is 279 g/mol. The van der Waals surface area contributed by atoms with Crippen LogP contribution in [0.4, 0.5) is 0 Å². The maximum atomic E-state index is 10.4. The third-order valence-electron chi connectivity index (χ3n) is 1.01. The fourth-order valence-electron chi connectivity index (χ4n) is 0.467. The topological polar surface area (TPSA) is 49.7 Å². The van der Waals surface area contributed by atoms with Crippen LogP contribution in [0.3, 0.4) is 0 Å². The number of nitrogens with zero attached hydrogens (tertiary/aromatic N) is 1. The quantitative estimate of drug-likeness (QED) is 0.370. The molecule has 0 spiro atoms. The SMILES string of the molecule is CCN=C/C=C\C(=C/I)C(=O)O. The molecule has 0 aromatic carbocycles. The number of halogens is 1. The van der Waals surface area contributed by atoms with Gasteiger partial charge in [-0.3, -0.25) is 4.99 Å². The van der Waals surface area contributed by atoms with Gasteiger partial charge in [-0.25, -0.2) is 4.79 Å². The highest BCUT2D eigenvalue weighted by atomic mass is 127. The van der Waals surface area contributed by atoms with Crippen molar-refractivity contribution < 1.29 is 9.90 Å². The average Bonchev–Trinajstić information content (AvgIpc) is 2.04. The molecule has 0 unspecified atom stereocenters. The summed E-state index contributed by atoms with van der Waals surface area (Å²) in [4.78, 5) is 14.3. The first-order valence-corrected chi connectivity index (χ1v) is 4.67. The van der Waals surface area contributed by atoms with Crippen LogP contribution in [0.15, 0.2) is 26.8 Å². The van der Waals surface area contributed by atoms with Crippen LogP contribution < -0.4 is 0 Å². The number of carboxylic acids is 1. The standard InChI is InChI=1S/C8H10INO2/c1-2-10-5-3-4-7(6-9)8(11)12/h3-6H,2H2,1H3,(H,11,12)/b4-3-,7-6+,10-5?. The van der Waals surface area contributed by atoms with Crippen LogP contribution >= 0.6 is 22.6 Å². The third kappa shape index (κ3) is 5.06. The summed E-state index contributed by atoms with van der Waals surface area (Å²) in [5.74, 6) is -0.925. The molecule has 0 atom stereocenters. The van der Waals surface area contributed by atoms with Crippen molar-refractivity contribution in [1.29, 1.82) is 0 Å². The Morgan fingerprint density at radius 1 is 1.67 bits per heavy atom. The molecule has 0 radical (unpaired) electrons. The lowest BCUT2D eigenvalue weighted by molar-refractivity contribution is -0.132. The molecule has 12 heavy (non-hydrogen) atoms. The molecular formula is C8H10INO2. The van der Waals surface area contributed by atoms with Gasteiger partial charge < -0.3 is 5.11 Å². The van der Waals surface area contributed by atoms with Crippen molar-refractivity contribution in [1.82, 2.24) is 0 Å². The van der Waals surface area contributed by atoms with E-state index in [0.29, 0.717) is 6.54 Å². The first kappa shape index (κ1) is 11.4. The van der Waals surface area contributed by atoms with Gasteiger partial charge in [-0.15, -0.1) is 0 Å². The number of carboxylic acid groups (broad SMARTS) is 1. The summed E-state index contributed by atoms with van der Waals surface area (Å²) >= 11 is 1.89. The molecule has 0 saturated carbocycles. The molecule has 3 nitrogen and oxygen atoms in total. The molecule has 0 aliphatic carbocycles. The maximum Gasteiger partial charge on any atom is 0.336 e. The lowest BCUT2D eigenvalue weighted by atomic mass is 10.3. The molecule has 0 saturated heterocycles. The number of aliphatic carboxylic acids is 1. The van der Waals surface area contributed by atoms with Crippen molar-refractivity contribution in [3.05, 3.63) is 21.8 Å². The van der Waals surface area contributed by atoms with Gasteiger partial charge in [0.25, 0.3) is 0 Å². The second kappa shape index (κ2) is 7.02. The van der Waals surface area contributed by atoms with Gasteiger partial charge in [0, 0.05) is 12.8 Å². The Morgan fingerprint density at radius 2 is 2.33 bits per heavy atom. The van der Waals surface area contributed by atoms with Crippen LogP contribution in [0.1, 0.15) is 6.92 Å². The van der Waals surface area contributed by atoms with Crippen molar-refractivity contribution >= 4 is 34.8 Å². The first-order chi connectivity index (χ1) is 5.72. The Kier molecular flexibility index (Phi) is 6.64. The van der Waals surface area contributed by atoms with Crippen molar-refractivity contribution in [2.45, 2.75) is 6.92 Å². The van der Waals surface area contributed by atoms with E-state index in [9.17, 15) is 4.79 Å². The number of rotatable bonds is 4. The monoisotopic (exact) mass is 279 g/mol. The third-order valence-corrected chi connectivity index (χ3v) is 1.69. The number of carbonyl (C=O) groups is 1. The van der Waals surface area contributed by atoms with E-state index in [1.54, 1.807) is 12.3 Å². The predicted molar refractivity (Wildman–Crippen MR) is 57.9 cm³/mol. The Labute approximate surface area is 85.0 Å². The first-order valence-electron chi connectivity index (χ1n) is 3.42. The zero-order valence-corrected chi connectivity index (χ0v) is 8.85. The van der Waals surface area contributed by atoms with Crippen LogP contribution in [0, 0.1) is 0 Å². The van der Waals surface area contributed by atoms with Crippen molar-refractivity contribution in [3.63, 3.8) is 0 Å². The summed E-state index contributed by atoms with van der Waals surface area (Å²) in [6.45, 7) is 2.62. The van der Waals surface area contributed by atoms with Gasteiger partial charge in [-0.1, -0.05) is 22.6 Å². The van der Waals surface area contributed by atoms with E-state index < -0.39 is 5.97 Å². The highest BCUT2D eigenvalue weighted by Gasteiger charge is 1.99. The lowest BCUT2D eigenvalue weighted by Crippen LogP contribution is -1.95. The number of hydrogen-bond donors (Lipinski definition) is 1. The van der Waals surface area contributed by atoms with E-state index in [4.69, 9.17) is 5.11 Å². The van der Waals surface area contributed by atoms with Crippen molar-refractivity contribution in [2.24, 2.45) is 4.99 Å². The molecule has 0 heterocycles. The van der Waals surface area contributed by atoms with Crippen LogP contribution in [0.5, 0.6) is 0 Å². The number of hydrogen-bond acceptors (Lipinski definition) is 2. The minimum absolute atomic E-state index is 0.262. The molecule has 0 aromatic heterocycles. The minimum atomic E-state index is -0.925. The molecule has 1 N–H and O–H groups in total. The second-order valence-corrected chi connectivity index (χ2v) is 2.50. The molecule has 66 valence electrons. The van der Waals surface area contributed by atoms with Gasteiger partial charge in [0.15, 0.2) is 0 Å². The second-order valence-electron chi connectivity index (χ2n) is 1.88. The zero-order chi connectivity index (χ0) is 9.40. The highest BCUT2D eigenvalue weighted by molar-refractivity contribution is 14.1. The summed E-state index contributed by atoms with van der Waals surface area (Å²) in [6.07, 6.45) is 4.71. The molecule has 0 fully saturated rings. The minimum Gasteiger partial charge on any atom is -0.478 e. The maximum absolute atomic E-state index is 10.4. The summed E-state index contributed by atoms with van der Waals surface area (Å²) in [7, 11) is 0. The van der Waals surface area contributed by atoms with Gasteiger partial charge in [0.1, 0.15) is 0 Å². The largest absolute Gasteiger partial charge is 0.478 e. The summed E-state index contributed by atoms with van der Waals surface area (Å²) in [6, 6.07) is 0. The van der Waals surface area contributed by atoms with Crippen LogP contribution in [-0.2, 0) is 4.79 Å². The Hall–Kier alpha value is -0.650. The van der Waals surface area contributed by atoms with E-state index in [2.05, 4.69) is 4.99 Å². The molecule has 0 aliphatic rings. The van der Waals surface area contributed by atoms with E-state index in [1.807, 2.05) is 29.5 Å². The number of aliphatic imine (C=N–C) groups is 1. The predicted octanol–water partition coefficient (Wildman–Crippen LogP) is 2.04. The fraction of sp³-hybridized carbons (Fsp3) is 0.250. The highest BCUT2D eigenvalue weighted by Crippen LogP contribution is 2.00. The zero-order valence-electron chi connectivity index (χ0n) is 6.70. The molecule has 0 amide bonds. The van der Waals surface area contributed by atoms with Crippen LogP contribution in [0.25, 0.3) is 0 Å². The molecule has 0 aliphatic heterocycles. The van der Waals surface area contributed by atoms with Crippen molar-refractivity contribution in [3.8, 4) is 0 Å². The van der Waals surface area contributed by atoms with Gasteiger partial charge in [-0.05, 0) is 23.2 Å². The summed E-state index contributed by atoms with van der Waals surface area (Å²) in [5, 5.41) is 8.56. The van der Waals surface area contributed by atoms with Gasteiger partial charge in [-0.2, -0.15) is 0 Å². The van der Waals surface area contributed by atoms with Gasteiger partial charge in [0.05, 0.1) is 5.57 Å². The van der Waals surface area contributed by atoms with Crippen LogP contribution in [-0.4, -0.2) is 23.8 Å². The van der Waals surface area contributed by atoms with Crippen LogP contribution in [0.2, 0.25) is 0 Å². The number of allylic oxidation sites excluding steroid dienone is 1. The smallest absolute Gasteiger partial charge is 0.336 e. The van der Waals surface area contributed by atoms with E-state index in [0.717, 1.165) is 0 Å². The normalized spacial score (nSPS) is 13.0. The molecule has 0 aromatic rings. The fourth-order valence-corrected chi connectivity index (χ4v) is 0.941. The van der Waals surface area contributed by atoms with E-state index >= 15 is 0 Å². The van der Waals surface area contributed by atoms with E-state index in [1.165, 1.54) is 10.2 Å². The molecule has 4 heteroatoms. The Morgan fingerprint density at radius 3 is 2.75 bits per heavy atom. The van der Waals surface area contributed by atoms with Crippen molar-refractivity contribution in [2.75, 3.05) is 6.54 Å². The summed E-state index contributed by atoms with van der Waals surface area (Å²) < 4.78 is 1.51.